The molecular formula is C14H20N2OS2. The molecule has 0 aromatic heterocycles. The maximum absolute atomic E-state index is 5.45. The summed E-state index contributed by atoms with van der Waals surface area (Å²) < 4.78 is 6.47. The van der Waals surface area contributed by atoms with Crippen molar-refractivity contribution < 1.29 is 4.74 Å². The van der Waals surface area contributed by atoms with Gasteiger partial charge in [-0.3, -0.25) is 4.90 Å². The zero-order valence-corrected chi connectivity index (χ0v) is 13.1. The van der Waals surface area contributed by atoms with E-state index in [0.29, 0.717) is 6.61 Å². The summed E-state index contributed by atoms with van der Waals surface area (Å²) in [7, 11) is 2.13. The van der Waals surface area contributed by atoms with Crippen molar-refractivity contribution in [3.8, 4) is 5.75 Å². The van der Waals surface area contributed by atoms with Crippen molar-refractivity contribution in [1.82, 2.24) is 9.80 Å². The lowest BCUT2D eigenvalue weighted by molar-refractivity contribution is 0.229. The Kier molecular flexibility index (Phi) is 5.48. The van der Waals surface area contributed by atoms with Gasteiger partial charge in [0, 0.05) is 18.8 Å². The Morgan fingerprint density at radius 1 is 1.37 bits per heavy atom. The van der Waals surface area contributed by atoms with Crippen molar-refractivity contribution in [2.45, 2.75) is 13.5 Å². The van der Waals surface area contributed by atoms with E-state index in [1.54, 1.807) is 11.8 Å². The summed E-state index contributed by atoms with van der Waals surface area (Å²) in [5.41, 5.74) is 1.30. The maximum Gasteiger partial charge on any atom is 0.137 e. The van der Waals surface area contributed by atoms with Crippen LogP contribution in [0, 0.1) is 0 Å². The largest absolute Gasteiger partial charge is 0.494 e. The van der Waals surface area contributed by atoms with Crippen LogP contribution < -0.4 is 4.74 Å². The van der Waals surface area contributed by atoms with Gasteiger partial charge < -0.3 is 9.64 Å². The molecule has 0 saturated carbocycles. The summed E-state index contributed by atoms with van der Waals surface area (Å²) in [6.45, 7) is 5.61. The molecule has 0 unspecified atom stereocenters. The van der Waals surface area contributed by atoms with Crippen molar-refractivity contribution >= 4 is 28.3 Å². The van der Waals surface area contributed by atoms with Gasteiger partial charge in [-0.1, -0.05) is 36.1 Å². The molecule has 1 aliphatic rings. The smallest absolute Gasteiger partial charge is 0.137 e. The molecule has 1 aromatic carbocycles. The van der Waals surface area contributed by atoms with Crippen LogP contribution in [0.25, 0.3) is 0 Å². The van der Waals surface area contributed by atoms with Crippen LogP contribution in [0.1, 0.15) is 12.5 Å². The third-order valence-electron chi connectivity index (χ3n) is 2.94. The molecule has 104 valence electrons. The van der Waals surface area contributed by atoms with E-state index in [1.807, 2.05) is 19.1 Å². The lowest BCUT2D eigenvalue weighted by atomic mass is 10.2. The zero-order chi connectivity index (χ0) is 13.7. The standard InChI is InChI=1S/C14H20N2OS2/c1-3-17-13-6-4-12(5-7-13)10-15(2)11-16-8-9-19-14(16)18/h4-7H,3,8-11H2,1-2H3. The molecule has 0 atom stereocenters. The van der Waals surface area contributed by atoms with Crippen LogP contribution in [-0.2, 0) is 6.54 Å². The van der Waals surface area contributed by atoms with Crippen LogP contribution in [-0.4, -0.2) is 46.7 Å². The summed E-state index contributed by atoms with van der Waals surface area (Å²) in [4.78, 5) is 4.54. The Bertz CT molecular complexity index is 422. The van der Waals surface area contributed by atoms with Gasteiger partial charge in [0.25, 0.3) is 0 Å². The third-order valence-corrected chi connectivity index (χ3v) is 4.45. The van der Waals surface area contributed by atoms with Crippen molar-refractivity contribution in [2.75, 3.05) is 32.6 Å². The van der Waals surface area contributed by atoms with Gasteiger partial charge in [-0.25, -0.2) is 0 Å². The third kappa shape index (κ3) is 4.37. The second-order valence-electron chi connectivity index (χ2n) is 4.61. The number of hydrogen-bond donors (Lipinski definition) is 0. The van der Waals surface area contributed by atoms with Crippen LogP contribution in [0.2, 0.25) is 0 Å². The topological polar surface area (TPSA) is 15.7 Å². The first-order valence-corrected chi connectivity index (χ1v) is 7.90. The molecule has 5 heteroatoms. The van der Waals surface area contributed by atoms with E-state index in [9.17, 15) is 0 Å². The molecule has 2 rings (SSSR count). The molecule has 1 aliphatic heterocycles. The number of hydrogen-bond acceptors (Lipinski definition) is 4. The number of benzene rings is 1. The fourth-order valence-electron chi connectivity index (χ4n) is 2.07. The van der Waals surface area contributed by atoms with Crippen molar-refractivity contribution in [2.24, 2.45) is 0 Å². The van der Waals surface area contributed by atoms with Crippen molar-refractivity contribution in [3.63, 3.8) is 0 Å². The summed E-state index contributed by atoms with van der Waals surface area (Å²) in [5.74, 6) is 2.06. The first-order valence-electron chi connectivity index (χ1n) is 6.51. The number of nitrogens with zero attached hydrogens (tertiary/aromatic N) is 2. The zero-order valence-electron chi connectivity index (χ0n) is 11.5. The predicted molar refractivity (Wildman–Crippen MR) is 85.7 cm³/mol. The van der Waals surface area contributed by atoms with Gasteiger partial charge in [0.05, 0.1) is 13.3 Å². The molecule has 0 N–H and O–H groups in total. The molecule has 1 fully saturated rings. The number of thiocarbonyl (C=S) groups is 1. The SMILES string of the molecule is CCOc1ccc(CN(C)CN2CCSC2=S)cc1. The minimum atomic E-state index is 0.712. The Hall–Kier alpha value is -0.780. The van der Waals surface area contributed by atoms with Crippen molar-refractivity contribution in [3.05, 3.63) is 29.8 Å². The summed E-state index contributed by atoms with van der Waals surface area (Å²) in [6.07, 6.45) is 0. The van der Waals surface area contributed by atoms with Gasteiger partial charge in [0.15, 0.2) is 0 Å². The Morgan fingerprint density at radius 2 is 2.11 bits per heavy atom. The van der Waals surface area contributed by atoms with Gasteiger partial charge in [-0.2, -0.15) is 0 Å². The molecule has 0 amide bonds. The highest BCUT2D eigenvalue weighted by atomic mass is 32.2. The molecule has 3 nitrogen and oxygen atoms in total. The van der Waals surface area contributed by atoms with Gasteiger partial charge in [-0.15, -0.1) is 0 Å². The maximum atomic E-state index is 5.45. The van der Waals surface area contributed by atoms with Gasteiger partial charge in [-0.05, 0) is 31.7 Å². The van der Waals surface area contributed by atoms with Crippen LogP contribution in [0.15, 0.2) is 24.3 Å². The fourth-order valence-corrected chi connectivity index (χ4v) is 3.28. The molecule has 1 aromatic rings. The van der Waals surface area contributed by atoms with E-state index in [0.717, 1.165) is 35.6 Å². The lowest BCUT2D eigenvalue weighted by Crippen LogP contribution is -2.35. The molecule has 0 bridgehead atoms. The highest BCUT2D eigenvalue weighted by Gasteiger charge is 2.18. The molecule has 1 heterocycles. The van der Waals surface area contributed by atoms with E-state index in [4.69, 9.17) is 17.0 Å². The second kappa shape index (κ2) is 7.12. The minimum absolute atomic E-state index is 0.712. The monoisotopic (exact) mass is 296 g/mol. The molecule has 0 radical (unpaired) electrons. The van der Waals surface area contributed by atoms with Crippen LogP contribution in [0.5, 0.6) is 5.75 Å². The minimum Gasteiger partial charge on any atom is -0.494 e. The molecule has 19 heavy (non-hydrogen) atoms. The Balaban J connectivity index is 1.84. The average molecular weight is 296 g/mol. The predicted octanol–water partition coefficient (Wildman–Crippen LogP) is 2.81. The highest BCUT2D eigenvalue weighted by Crippen LogP contribution is 2.18. The quantitative estimate of drug-likeness (QED) is 0.748. The molecule has 1 saturated heterocycles. The van der Waals surface area contributed by atoms with E-state index in [1.165, 1.54) is 5.56 Å². The van der Waals surface area contributed by atoms with E-state index < -0.39 is 0 Å². The molecular weight excluding hydrogens is 276 g/mol. The Labute approximate surface area is 124 Å². The number of thioether (sulfide) groups is 1. The summed E-state index contributed by atoms with van der Waals surface area (Å²) in [6, 6.07) is 8.31. The van der Waals surface area contributed by atoms with Crippen LogP contribution >= 0.6 is 24.0 Å². The highest BCUT2D eigenvalue weighted by molar-refractivity contribution is 8.23. The molecule has 0 spiro atoms. The number of rotatable bonds is 6. The van der Waals surface area contributed by atoms with E-state index in [2.05, 4.69) is 29.0 Å². The summed E-state index contributed by atoms with van der Waals surface area (Å²) in [5, 5.41) is 0. The van der Waals surface area contributed by atoms with E-state index >= 15 is 0 Å². The van der Waals surface area contributed by atoms with Gasteiger partial charge in [0.2, 0.25) is 0 Å². The van der Waals surface area contributed by atoms with E-state index in [-0.39, 0.29) is 0 Å². The normalized spacial score (nSPS) is 15.3. The van der Waals surface area contributed by atoms with Crippen LogP contribution in [0.3, 0.4) is 0 Å². The number of ether oxygens (including phenoxy) is 1. The van der Waals surface area contributed by atoms with Gasteiger partial charge in [0.1, 0.15) is 10.1 Å². The first-order chi connectivity index (χ1) is 9.19. The summed E-state index contributed by atoms with van der Waals surface area (Å²) >= 11 is 7.09. The fraction of sp³-hybridized carbons (Fsp3) is 0.500. The first kappa shape index (κ1) is 14.6. The van der Waals surface area contributed by atoms with Crippen LogP contribution in [0.4, 0.5) is 0 Å². The molecule has 0 aliphatic carbocycles. The van der Waals surface area contributed by atoms with Gasteiger partial charge >= 0.3 is 0 Å². The lowest BCUT2D eigenvalue weighted by Gasteiger charge is -2.24. The second-order valence-corrected chi connectivity index (χ2v) is 6.34. The van der Waals surface area contributed by atoms with Crippen molar-refractivity contribution in [1.29, 1.82) is 0 Å². The Morgan fingerprint density at radius 3 is 2.68 bits per heavy atom. The average Bonchev–Trinajstić information content (AvgIpc) is 2.78.